The lowest BCUT2D eigenvalue weighted by Crippen LogP contribution is -2.01. The largest absolute Gasteiger partial charge is 0.485 e. The van der Waals surface area contributed by atoms with Gasteiger partial charge in [-0.25, -0.2) is 9.97 Å². The fraction of sp³-hybridized carbons (Fsp3) is 0.231. The zero-order chi connectivity index (χ0) is 11.4. The molecule has 0 unspecified atom stereocenters. The van der Waals surface area contributed by atoms with E-state index in [4.69, 9.17) is 4.74 Å². The molecular formula is C13H14N2O. The van der Waals surface area contributed by atoms with E-state index in [1.165, 1.54) is 5.56 Å². The first-order valence-corrected chi connectivity index (χ1v) is 5.21. The summed E-state index contributed by atoms with van der Waals surface area (Å²) in [7, 11) is 0. The average molecular weight is 214 g/mol. The zero-order valence-corrected chi connectivity index (χ0v) is 9.47. The molecule has 0 saturated carbocycles. The average Bonchev–Trinajstić information content (AvgIpc) is 2.32. The quantitative estimate of drug-likeness (QED) is 0.787. The van der Waals surface area contributed by atoms with Crippen molar-refractivity contribution >= 4 is 0 Å². The number of hydrogen-bond donors (Lipinski definition) is 0. The van der Waals surface area contributed by atoms with Crippen LogP contribution in [0.4, 0.5) is 0 Å². The van der Waals surface area contributed by atoms with Crippen LogP contribution in [-0.4, -0.2) is 9.97 Å². The molecule has 0 aliphatic carbocycles. The van der Waals surface area contributed by atoms with E-state index in [9.17, 15) is 0 Å². The van der Waals surface area contributed by atoms with Crippen LogP contribution >= 0.6 is 0 Å². The van der Waals surface area contributed by atoms with Crippen LogP contribution in [0.15, 0.2) is 36.7 Å². The Morgan fingerprint density at radius 3 is 2.62 bits per heavy atom. The van der Waals surface area contributed by atoms with E-state index >= 15 is 0 Å². The molecule has 3 nitrogen and oxygen atoms in total. The number of benzene rings is 1. The first kappa shape index (κ1) is 10.6. The molecule has 82 valence electrons. The molecule has 0 fully saturated rings. The normalized spacial score (nSPS) is 10.1. The fourth-order valence-electron chi connectivity index (χ4n) is 1.41. The summed E-state index contributed by atoms with van der Waals surface area (Å²) in [5.74, 6) is 1.59. The van der Waals surface area contributed by atoms with Gasteiger partial charge in [0, 0.05) is 12.4 Å². The molecule has 0 atom stereocenters. The molecule has 3 heteroatoms. The molecule has 0 N–H and O–H groups in total. The molecule has 16 heavy (non-hydrogen) atoms. The van der Waals surface area contributed by atoms with Crippen molar-refractivity contribution in [2.45, 2.75) is 20.5 Å². The molecule has 0 bridgehead atoms. The Balaban J connectivity index is 2.08. The highest BCUT2D eigenvalue weighted by Gasteiger charge is 2.01. The number of hydrogen-bond acceptors (Lipinski definition) is 3. The van der Waals surface area contributed by atoms with Gasteiger partial charge >= 0.3 is 0 Å². The lowest BCUT2D eigenvalue weighted by Gasteiger charge is -2.08. The third-order valence-corrected chi connectivity index (χ3v) is 2.32. The molecule has 0 aliphatic rings. The topological polar surface area (TPSA) is 35.0 Å². The summed E-state index contributed by atoms with van der Waals surface area (Å²) in [5.41, 5.74) is 2.32. The zero-order valence-electron chi connectivity index (χ0n) is 9.47. The first-order valence-electron chi connectivity index (χ1n) is 5.21. The Labute approximate surface area is 95.1 Å². The molecule has 2 aromatic rings. The summed E-state index contributed by atoms with van der Waals surface area (Å²) < 4.78 is 5.68. The molecular weight excluding hydrogens is 200 g/mol. The summed E-state index contributed by atoms with van der Waals surface area (Å²) in [6.45, 7) is 4.48. The number of aryl methyl sites for hydroxylation is 2. The van der Waals surface area contributed by atoms with Gasteiger partial charge in [0.1, 0.15) is 12.4 Å². The van der Waals surface area contributed by atoms with Crippen molar-refractivity contribution in [2.75, 3.05) is 0 Å². The Morgan fingerprint density at radius 2 is 1.88 bits per heavy atom. The molecule has 0 amide bonds. The van der Waals surface area contributed by atoms with Crippen molar-refractivity contribution < 1.29 is 4.74 Å². The van der Waals surface area contributed by atoms with E-state index in [0.29, 0.717) is 12.4 Å². The van der Waals surface area contributed by atoms with Gasteiger partial charge in [-0.2, -0.15) is 0 Å². The molecule has 0 saturated heterocycles. The number of ether oxygens (including phenoxy) is 1. The van der Waals surface area contributed by atoms with Gasteiger partial charge in [-0.1, -0.05) is 12.1 Å². The van der Waals surface area contributed by atoms with E-state index in [0.717, 1.165) is 11.3 Å². The first-order chi connectivity index (χ1) is 7.75. The summed E-state index contributed by atoms with van der Waals surface area (Å²) in [6, 6.07) is 7.94. The van der Waals surface area contributed by atoms with Gasteiger partial charge in [0.15, 0.2) is 5.82 Å². The smallest absolute Gasteiger partial charge is 0.166 e. The third-order valence-electron chi connectivity index (χ3n) is 2.32. The van der Waals surface area contributed by atoms with E-state index in [1.807, 2.05) is 19.9 Å². The number of aromatic nitrogens is 2. The van der Waals surface area contributed by atoms with Gasteiger partial charge in [-0.15, -0.1) is 0 Å². The number of nitrogens with zero attached hydrogens (tertiary/aromatic N) is 2. The van der Waals surface area contributed by atoms with Crippen LogP contribution in [0.1, 0.15) is 17.0 Å². The van der Waals surface area contributed by atoms with Crippen LogP contribution in [0.25, 0.3) is 0 Å². The summed E-state index contributed by atoms with van der Waals surface area (Å²) in [6.07, 6.45) is 3.43. The van der Waals surface area contributed by atoms with Crippen molar-refractivity contribution in [1.29, 1.82) is 0 Å². The van der Waals surface area contributed by atoms with Crippen molar-refractivity contribution in [1.82, 2.24) is 9.97 Å². The van der Waals surface area contributed by atoms with Crippen LogP contribution in [0.5, 0.6) is 5.75 Å². The van der Waals surface area contributed by atoms with E-state index in [2.05, 4.69) is 22.1 Å². The predicted octanol–water partition coefficient (Wildman–Crippen LogP) is 2.67. The van der Waals surface area contributed by atoms with Gasteiger partial charge in [0.2, 0.25) is 0 Å². The Bertz CT molecular complexity index is 469. The second-order valence-electron chi connectivity index (χ2n) is 3.72. The van der Waals surface area contributed by atoms with Gasteiger partial charge < -0.3 is 4.74 Å². The molecule has 1 heterocycles. The molecule has 0 aliphatic heterocycles. The second kappa shape index (κ2) is 4.75. The lowest BCUT2D eigenvalue weighted by atomic mass is 10.1. The van der Waals surface area contributed by atoms with Crippen molar-refractivity contribution in [3.8, 4) is 5.75 Å². The van der Waals surface area contributed by atoms with Crippen LogP contribution in [0.3, 0.4) is 0 Å². The monoisotopic (exact) mass is 214 g/mol. The summed E-state index contributed by atoms with van der Waals surface area (Å²) in [5, 5.41) is 0. The van der Waals surface area contributed by atoms with Crippen LogP contribution < -0.4 is 4.74 Å². The summed E-state index contributed by atoms with van der Waals surface area (Å²) in [4.78, 5) is 8.22. The maximum atomic E-state index is 5.68. The van der Waals surface area contributed by atoms with Crippen LogP contribution in [-0.2, 0) is 6.61 Å². The van der Waals surface area contributed by atoms with Gasteiger partial charge in [-0.05, 0) is 37.1 Å². The second-order valence-corrected chi connectivity index (χ2v) is 3.72. The lowest BCUT2D eigenvalue weighted by molar-refractivity contribution is 0.293. The van der Waals surface area contributed by atoms with Crippen molar-refractivity contribution in [3.63, 3.8) is 0 Å². The van der Waals surface area contributed by atoms with Gasteiger partial charge in [0.25, 0.3) is 0 Å². The third kappa shape index (κ3) is 2.57. The van der Waals surface area contributed by atoms with E-state index in [-0.39, 0.29) is 0 Å². The van der Waals surface area contributed by atoms with Crippen molar-refractivity contribution in [3.05, 3.63) is 53.6 Å². The summed E-state index contributed by atoms with van der Waals surface area (Å²) >= 11 is 0. The van der Waals surface area contributed by atoms with Crippen LogP contribution in [0.2, 0.25) is 0 Å². The maximum absolute atomic E-state index is 5.68. The van der Waals surface area contributed by atoms with E-state index < -0.39 is 0 Å². The number of rotatable bonds is 3. The minimum absolute atomic E-state index is 0.408. The molecule has 1 aromatic heterocycles. The van der Waals surface area contributed by atoms with E-state index in [1.54, 1.807) is 18.5 Å². The highest BCUT2D eigenvalue weighted by Crippen LogP contribution is 2.19. The Morgan fingerprint density at radius 1 is 1.12 bits per heavy atom. The predicted molar refractivity (Wildman–Crippen MR) is 62.3 cm³/mol. The highest BCUT2D eigenvalue weighted by atomic mass is 16.5. The van der Waals surface area contributed by atoms with Crippen LogP contribution in [0, 0.1) is 13.8 Å². The fourth-order valence-corrected chi connectivity index (χ4v) is 1.41. The minimum Gasteiger partial charge on any atom is -0.485 e. The molecule has 0 radical (unpaired) electrons. The minimum atomic E-state index is 0.408. The van der Waals surface area contributed by atoms with Gasteiger partial charge in [-0.3, -0.25) is 0 Å². The standard InChI is InChI=1S/C13H14N2O/c1-10-4-5-11(2)12(8-10)16-9-13-14-6-3-7-15-13/h3-8H,9H2,1-2H3. The highest BCUT2D eigenvalue weighted by molar-refractivity contribution is 5.35. The molecule has 2 rings (SSSR count). The van der Waals surface area contributed by atoms with Gasteiger partial charge in [0.05, 0.1) is 0 Å². The Hall–Kier alpha value is -1.90. The molecule has 0 spiro atoms. The van der Waals surface area contributed by atoms with Crippen molar-refractivity contribution in [2.24, 2.45) is 0 Å². The Kier molecular flexibility index (Phi) is 3.15. The SMILES string of the molecule is Cc1ccc(C)c(OCc2ncccn2)c1. The maximum Gasteiger partial charge on any atom is 0.166 e. The molecule has 1 aromatic carbocycles.